The Hall–Kier alpha value is -2.24. The van der Waals surface area contributed by atoms with Crippen LogP contribution in [0.25, 0.3) is 0 Å². The van der Waals surface area contributed by atoms with Crippen molar-refractivity contribution in [3.8, 4) is 17.5 Å². The standard InChI is InChI=1S/C14H16N2O2Si/c1-18-14(17)11-7-10(5-6-19(2,3)4)13(16)12(8-11)9-15/h7-8H,16H2,1-4H3. The summed E-state index contributed by atoms with van der Waals surface area (Å²) in [5.74, 6) is 2.47. The predicted octanol–water partition coefficient (Wildman–Crippen LogP) is 2.16. The van der Waals surface area contributed by atoms with E-state index in [9.17, 15) is 4.79 Å². The molecule has 0 aromatic heterocycles. The number of ether oxygens (including phenoxy) is 1. The Labute approximate surface area is 114 Å². The Morgan fingerprint density at radius 3 is 2.37 bits per heavy atom. The van der Waals surface area contributed by atoms with E-state index in [-0.39, 0.29) is 11.1 Å². The fourth-order valence-corrected chi connectivity index (χ4v) is 1.85. The average Bonchev–Trinajstić information content (AvgIpc) is 2.35. The molecular weight excluding hydrogens is 256 g/mol. The van der Waals surface area contributed by atoms with Gasteiger partial charge in [-0.3, -0.25) is 0 Å². The van der Waals surface area contributed by atoms with Crippen LogP contribution < -0.4 is 5.73 Å². The maximum atomic E-state index is 11.5. The molecule has 0 unspecified atom stereocenters. The van der Waals surface area contributed by atoms with E-state index in [0.29, 0.717) is 11.3 Å². The lowest BCUT2D eigenvalue weighted by Crippen LogP contribution is -2.16. The van der Waals surface area contributed by atoms with Gasteiger partial charge in [0.25, 0.3) is 0 Å². The molecule has 4 nitrogen and oxygen atoms in total. The minimum atomic E-state index is -1.56. The molecule has 1 aromatic carbocycles. The maximum Gasteiger partial charge on any atom is 0.337 e. The lowest BCUT2D eigenvalue weighted by atomic mass is 10.0. The first-order valence-corrected chi connectivity index (χ1v) is 9.23. The number of benzene rings is 1. The van der Waals surface area contributed by atoms with Crippen LogP contribution >= 0.6 is 0 Å². The van der Waals surface area contributed by atoms with Crippen molar-refractivity contribution in [2.24, 2.45) is 0 Å². The van der Waals surface area contributed by atoms with Gasteiger partial charge in [-0.2, -0.15) is 5.26 Å². The van der Waals surface area contributed by atoms with Crippen molar-refractivity contribution in [2.45, 2.75) is 19.6 Å². The number of hydrogen-bond donors (Lipinski definition) is 1. The number of nitrogen functional groups attached to an aromatic ring is 1. The number of nitrogens with zero attached hydrogens (tertiary/aromatic N) is 1. The van der Waals surface area contributed by atoms with Gasteiger partial charge in [-0.1, -0.05) is 25.6 Å². The van der Waals surface area contributed by atoms with Crippen LogP contribution in [0.2, 0.25) is 19.6 Å². The molecule has 2 N–H and O–H groups in total. The highest BCUT2D eigenvalue weighted by molar-refractivity contribution is 6.83. The molecular formula is C14H16N2O2Si. The van der Waals surface area contributed by atoms with Gasteiger partial charge in [0.05, 0.1) is 23.9 Å². The van der Waals surface area contributed by atoms with Crippen LogP contribution in [-0.4, -0.2) is 21.2 Å². The zero-order valence-corrected chi connectivity index (χ0v) is 12.5. The molecule has 0 aliphatic heterocycles. The van der Waals surface area contributed by atoms with Gasteiger partial charge in [0.2, 0.25) is 0 Å². The third kappa shape index (κ3) is 3.87. The zero-order chi connectivity index (χ0) is 14.6. The summed E-state index contributed by atoms with van der Waals surface area (Å²) in [5.41, 5.74) is 10.4. The number of esters is 1. The summed E-state index contributed by atoms with van der Waals surface area (Å²) in [6.45, 7) is 6.31. The van der Waals surface area contributed by atoms with Crippen LogP contribution in [0.4, 0.5) is 5.69 Å². The van der Waals surface area contributed by atoms with Gasteiger partial charge < -0.3 is 10.5 Å². The molecule has 0 heterocycles. The first kappa shape index (κ1) is 14.8. The van der Waals surface area contributed by atoms with Gasteiger partial charge in [-0.15, -0.1) is 5.54 Å². The van der Waals surface area contributed by atoms with E-state index < -0.39 is 14.0 Å². The quantitative estimate of drug-likeness (QED) is 0.368. The first-order valence-electron chi connectivity index (χ1n) is 5.73. The van der Waals surface area contributed by atoms with Crippen molar-refractivity contribution in [3.05, 3.63) is 28.8 Å². The third-order valence-electron chi connectivity index (χ3n) is 2.29. The minimum Gasteiger partial charge on any atom is -0.465 e. The monoisotopic (exact) mass is 272 g/mol. The van der Waals surface area contributed by atoms with Crippen LogP contribution in [0, 0.1) is 22.8 Å². The molecule has 5 heteroatoms. The molecule has 0 saturated carbocycles. The van der Waals surface area contributed by atoms with Gasteiger partial charge in [-0.25, -0.2) is 4.79 Å². The van der Waals surface area contributed by atoms with E-state index in [2.05, 4.69) is 35.8 Å². The second-order valence-corrected chi connectivity index (χ2v) is 9.84. The number of hydrogen-bond acceptors (Lipinski definition) is 4. The van der Waals surface area contributed by atoms with Gasteiger partial charge in [0.1, 0.15) is 14.1 Å². The first-order chi connectivity index (χ1) is 8.78. The van der Waals surface area contributed by atoms with Crippen LogP contribution in [0.15, 0.2) is 12.1 Å². The van der Waals surface area contributed by atoms with E-state index >= 15 is 0 Å². The number of anilines is 1. The fraction of sp³-hybridized carbons (Fsp3) is 0.286. The van der Waals surface area contributed by atoms with E-state index in [4.69, 9.17) is 11.0 Å². The summed E-state index contributed by atoms with van der Waals surface area (Å²) in [5, 5.41) is 9.03. The van der Waals surface area contributed by atoms with Crippen molar-refractivity contribution in [1.82, 2.24) is 0 Å². The molecule has 0 atom stereocenters. The zero-order valence-electron chi connectivity index (χ0n) is 11.5. The highest BCUT2D eigenvalue weighted by Gasteiger charge is 2.13. The smallest absolute Gasteiger partial charge is 0.337 e. The lowest BCUT2D eigenvalue weighted by Gasteiger charge is -2.07. The summed E-state index contributed by atoms with van der Waals surface area (Å²) in [6, 6.07) is 4.95. The lowest BCUT2D eigenvalue weighted by molar-refractivity contribution is 0.0600. The van der Waals surface area contributed by atoms with E-state index in [0.717, 1.165) is 0 Å². The summed E-state index contributed by atoms with van der Waals surface area (Å²) in [4.78, 5) is 11.5. The van der Waals surface area contributed by atoms with Crippen LogP contribution in [0.1, 0.15) is 21.5 Å². The van der Waals surface area contributed by atoms with Gasteiger partial charge in [0, 0.05) is 5.56 Å². The highest BCUT2D eigenvalue weighted by atomic mass is 28.3. The predicted molar refractivity (Wildman–Crippen MR) is 77.1 cm³/mol. The molecule has 0 amide bonds. The second kappa shape index (κ2) is 5.60. The number of nitrogens with two attached hydrogens (primary N) is 1. The summed E-state index contributed by atoms with van der Waals surface area (Å²) in [6.07, 6.45) is 0. The summed E-state index contributed by atoms with van der Waals surface area (Å²) in [7, 11) is -0.269. The molecule has 0 aliphatic rings. The molecule has 0 spiro atoms. The average molecular weight is 272 g/mol. The largest absolute Gasteiger partial charge is 0.465 e. The van der Waals surface area contributed by atoms with Gasteiger partial charge in [-0.05, 0) is 12.1 Å². The molecule has 0 saturated heterocycles. The maximum absolute atomic E-state index is 11.5. The van der Waals surface area contributed by atoms with E-state index in [1.165, 1.54) is 13.2 Å². The van der Waals surface area contributed by atoms with Crippen LogP contribution in [0.5, 0.6) is 0 Å². The van der Waals surface area contributed by atoms with Crippen molar-refractivity contribution in [1.29, 1.82) is 5.26 Å². The second-order valence-electron chi connectivity index (χ2n) is 5.09. The summed E-state index contributed by atoms with van der Waals surface area (Å²) < 4.78 is 4.65. The molecule has 19 heavy (non-hydrogen) atoms. The number of nitriles is 1. The molecule has 1 aromatic rings. The van der Waals surface area contributed by atoms with E-state index in [1.54, 1.807) is 6.07 Å². The Bertz CT molecular complexity index is 613. The Morgan fingerprint density at radius 2 is 1.89 bits per heavy atom. The molecule has 98 valence electrons. The number of carbonyl (C=O) groups is 1. The Balaban J connectivity index is 3.42. The van der Waals surface area contributed by atoms with Crippen molar-refractivity contribution in [2.75, 3.05) is 12.8 Å². The van der Waals surface area contributed by atoms with Crippen molar-refractivity contribution < 1.29 is 9.53 Å². The molecule has 0 aliphatic carbocycles. The summed E-state index contributed by atoms with van der Waals surface area (Å²) >= 11 is 0. The Morgan fingerprint density at radius 1 is 1.32 bits per heavy atom. The fourth-order valence-electron chi connectivity index (χ4n) is 1.34. The topological polar surface area (TPSA) is 76.1 Å². The van der Waals surface area contributed by atoms with Crippen LogP contribution in [0.3, 0.4) is 0 Å². The normalized spacial score (nSPS) is 10.1. The molecule has 0 bridgehead atoms. The minimum absolute atomic E-state index is 0.239. The molecule has 1 rings (SSSR count). The Kier molecular flexibility index (Phi) is 4.37. The number of carbonyl (C=O) groups excluding carboxylic acids is 1. The van der Waals surface area contributed by atoms with Gasteiger partial charge >= 0.3 is 5.97 Å². The molecule has 0 fully saturated rings. The van der Waals surface area contributed by atoms with Crippen molar-refractivity contribution in [3.63, 3.8) is 0 Å². The third-order valence-corrected chi connectivity index (χ3v) is 3.17. The van der Waals surface area contributed by atoms with Crippen LogP contribution in [-0.2, 0) is 4.74 Å². The number of rotatable bonds is 1. The van der Waals surface area contributed by atoms with E-state index in [1.807, 2.05) is 6.07 Å². The highest BCUT2D eigenvalue weighted by Crippen LogP contribution is 2.20. The molecule has 0 radical (unpaired) electrons. The SMILES string of the molecule is COC(=O)c1cc(C#N)c(N)c(C#C[Si](C)(C)C)c1. The van der Waals surface area contributed by atoms with Crippen molar-refractivity contribution >= 4 is 19.7 Å². The number of methoxy groups -OCH3 is 1. The van der Waals surface area contributed by atoms with Gasteiger partial charge in [0.15, 0.2) is 0 Å².